The molecular weight excluding hydrogens is 324 g/mol. The number of cyclic esters (lactones) is 2. The maximum absolute atomic E-state index is 11.9. The van der Waals surface area contributed by atoms with Crippen LogP contribution in [0.5, 0.6) is 0 Å². The highest BCUT2D eigenvalue weighted by Crippen LogP contribution is 2.23. The van der Waals surface area contributed by atoms with E-state index < -0.39 is 17.7 Å². The van der Waals surface area contributed by atoms with Crippen LogP contribution in [0, 0.1) is 0 Å². The van der Waals surface area contributed by atoms with Gasteiger partial charge in [0.2, 0.25) is 0 Å². The molecule has 130 valence electrons. The number of nitrogens with one attached hydrogen (secondary N) is 1. The second-order valence-corrected chi connectivity index (χ2v) is 5.94. The Morgan fingerprint density at radius 1 is 1.16 bits per heavy atom. The third-order valence-corrected chi connectivity index (χ3v) is 3.53. The molecule has 1 aliphatic heterocycles. The summed E-state index contributed by atoms with van der Waals surface area (Å²) in [5.74, 6) is -2.69. The Hall–Kier alpha value is -3.16. The summed E-state index contributed by atoms with van der Waals surface area (Å²) in [5.41, 5.74) is 2.26. The predicted octanol–water partition coefficient (Wildman–Crippen LogP) is 1.96. The lowest BCUT2D eigenvalue weighted by atomic mass is 10.2. The number of rotatable bonds is 4. The third kappa shape index (κ3) is 3.68. The molecule has 1 N–H and O–H groups in total. The summed E-state index contributed by atoms with van der Waals surface area (Å²) in [7, 11) is 0. The van der Waals surface area contributed by atoms with Crippen LogP contribution in [0.25, 0.3) is 5.69 Å². The smallest absolute Gasteiger partial charge is 0.350 e. The number of esters is 2. The summed E-state index contributed by atoms with van der Waals surface area (Å²) >= 11 is 0. The Morgan fingerprint density at radius 3 is 2.36 bits per heavy atom. The largest absolute Gasteiger partial charge is 0.419 e. The molecule has 0 saturated carbocycles. The Labute approximate surface area is 144 Å². The second-order valence-electron chi connectivity index (χ2n) is 5.94. The van der Waals surface area contributed by atoms with Gasteiger partial charge in [-0.25, -0.2) is 14.3 Å². The van der Waals surface area contributed by atoms with Crippen LogP contribution >= 0.6 is 0 Å². The zero-order chi connectivity index (χ0) is 18.0. The van der Waals surface area contributed by atoms with Crippen molar-refractivity contribution in [3.63, 3.8) is 0 Å². The summed E-state index contributed by atoms with van der Waals surface area (Å²) in [6.07, 6.45) is 3.95. The fourth-order valence-corrected chi connectivity index (χ4v) is 2.23. The molecule has 0 spiro atoms. The van der Waals surface area contributed by atoms with Crippen molar-refractivity contribution < 1.29 is 19.1 Å². The average molecular weight is 342 g/mol. The molecule has 0 unspecified atom stereocenters. The van der Waals surface area contributed by atoms with Crippen molar-refractivity contribution in [2.75, 3.05) is 5.32 Å². The minimum Gasteiger partial charge on any atom is -0.419 e. The van der Waals surface area contributed by atoms with Crippen LogP contribution in [0.1, 0.15) is 26.5 Å². The van der Waals surface area contributed by atoms with E-state index in [-0.39, 0.29) is 5.57 Å². The van der Waals surface area contributed by atoms with Crippen LogP contribution in [0.2, 0.25) is 0 Å². The van der Waals surface area contributed by atoms with Gasteiger partial charge in [-0.05, 0) is 30.7 Å². The van der Waals surface area contributed by atoms with E-state index in [2.05, 4.69) is 15.6 Å². The first-order valence-electron chi connectivity index (χ1n) is 7.83. The van der Waals surface area contributed by atoms with Crippen molar-refractivity contribution in [2.24, 2.45) is 0 Å². The minimum absolute atomic E-state index is 0.188. The van der Waals surface area contributed by atoms with E-state index in [1.807, 2.05) is 25.3 Å². The second kappa shape index (κ2) is 6.39. The zero-order valence-corrected chi connectivity index (χ0v) is 14.1. The molecule has 8 heteroatoms. The molecule has 8 nitrogen and oxygen atoms in total. The highest BCUT2D eigenvalue weighted by Gasteiger charge is 2.38. The van der Waals surface area contributed by atoms with Gasteiger partial charge in [-0.2, -0.15) is 0 Å². The quantitative estimate of drug-likeness (QED) is 0.515. The van der Waals surface area contributed by atoms with E-state index in [4.69, 9.17) is 9.47 Å². The molecule has 1 fully saturated rings. The van der Waals surface area contributed by atoms with Gasteiger partial charge in [-0.3, -0.25) is 0 Å². The van der Waals surface area contributed by atoms with E-state index in [0.717, 1.165) is 17.8 Å². The monoisotopic (exact) mass is 342 g/mol. The normalized spacial score (nSPS) is 16.2. The van der Waals surface area contributed by atoms with E-state index in [0.29, 0.717) is 5.69 Å². The zero-order valence-electron chi connectivity index (χ0n) is 14.1. The fraction of sp³-hybridized carbons (Fsp3) is 0.294. The lowest BCUT2D eigenvalue weighted by molar-refractivity contribution is -0.222. The SMILES string of the molecule is CCc1cn(-c2ccc(NC=C3C(=O)OC(C)(C)OC3=O)cc2)nn1. The third-order valence-electron chi connectivity index (χ3n) is 3.53. The number of nitrogens with zero attached hydrogens (tertiary/aromatic N) is 3. The van der Waals surface area contributed by atoms with E-state index >= 15 is 0 Å². The van der Waals surface area contributed by atoms with Gasteiger partial charge in [0.1, 0.15) is 0 Å². The van der Waals surface area contributed by atoms with E-state index in [1.54, 1.807) is 16.8 Å². The summed E-state index contributed by atoms with van der Waals surface area (Å²) in [5, 5.41) is 11.0. The maximum atomic E-state index is 11.9. The Bertz CT molecular complexity index is 815. The molecule has 1 aromatic carbocycles. The molecule has 0 atom stereocenters. The van der Waals surface area contributed by atoms with Crippen LogP contribution in [-0.4, -0.2) is 32.7 Å². The summed E-state index contributed by atoms with van der Waals surface area (Å²) in [6.45, 7) is 5.01. The number of ether oxygens (including phenoxy) is 2. The molecule has 1 aliphatic rings. The first-order chi connectivity index (χ1) is 11.9. The highest BCUT2D eigenvalue weighted by molar-refractivity contribution is 6.15. The van der Waals surface area contributed by atoms with E-state index in [1.165, 1.54) is 20.0 Å². The number of aryl methyl sites for hydroxylation is 1. The van der Waals surface area contributed by atoms with Crippen molar-refractivity contribution >= 4 is 17.6 Å². The van der Waals surface area contributed by atoms with Gasteiger partial charge in [0.05, 0.1) is 17.6 Å². The van der Waals surface area contributed by atoms with Crippen molar-refractivity contribution in [1.29, 1.82) is 0 Å². The lowest BCUT2D eigenvalue weighted by Gasteiger charge is -2.29. The van der Waals surface area contributed by atoms with Crippen LogP contribution in [-0.2, 0) is 25.5 Å². The lowest BCUT2D eigenvalue weighted by Crippen LogP contribution is -2.42. The van der Waals surface area contributed by atoms with Gasteiger partial charge in [0, 0.05) is 25.7 Å². The molecule has 0 amide bonds. The number of aromatic nitrogens is 3. The summed E-state index contributed by atoms with van der Waals surface area (Å²) < 4.78 is 11.7. The maximum Gasteiger partial charge on any atom is 0.350 e. The fourth-order valence-electron chi connectivity index (χ4n) is 2.23. The molecule has 0 aliphatic carbocycles. The van der Waals surface area contributed by atoms with Gasteiger partial charge < -0.3 is 14.8 Å². The molecule has 0 radical (unpaired) electrons. The molecule has 0 bridgehead atoms. The van der Waals surface area contributed by atoms with Crippen LogP contribution in [0.3, 0.4) is 0 Å². The Morgan fingerprint density at radius 2 is 1.80 bits per heavy atom. The molecule has 1 aromatic heterocycles. The molecule has 1 saturated heterocycles. The predicted molar refractivity (Wildman–Crippen MR) is 88.7 cm³/mol. The first-order valence-corrected chi connectivity index (χ1v) is 7.83. The van der Waals surface area contributed by atoms with Gasteiger partial charge in [0.15, 0.2) is 5.57 Å². The van der Waals surface area contributed by atoms with Gasteiger partial charge in [0.25, 0.3) is 5.79 Å². The molecular formula is C17H18N4O4. The van der Waals surface area contributed by atoms with Gasteiger partial charge in [-0.1, -0.05) is 12.1 Å². The number of carbonyl (C=O) groups excluding carboxylic acids is 2. The van der Waals surface area contributed by atoms with Crippen molar-refractivity contribution in [2.45, 2.75) is 33.0 Å². The van der Waals surface area contributed by atoms with Gasteiger partial charge >= 0.3 is 11.9 Å². The molecule has 2 aromatic rings. The first kappa shape index (κ1) is 16.7. The van der Waals surface area contributed by atoms with Crippen LogP contribution in [0.15, 0.2) is 42.2 Å². The van der Waals surface area contributed by atoms with Crippen LogP contribution in [0.4, 0.5) is 5.69 Å². The topological polar surface area (TPSA) is 95.3 Å². The van der Waals surface area contributed by atoms with Crippen molar-refractivity contribution in [3.8, 4) is 5.69 Å². The van der Waals surface area contributed by atoms with Crippen molar-refractivity contribution in [3.05, 3.63) is 47.9 Å². The highest BCUT2D eigenvalue weighted by atomic mass is 16.7. The standard InChI is InChI=1S/C17H18N4O4/c1-4-11-10-21(20-19-11)13-7-5-12(6-8-13)18-9-14-15(22)24-17(2,3)25-16(14)23/h5-10,18H,4H2,1-3H3. The number of hydrogen-bond acceptors (Lipinski definition) is 7. The Kier molecular flexibility index (Phi) is 4.26. The number of hydrogen-bond donors (Lipinski definition) is 1. The summed E-state index contributed by atoms with van der Waals surface area (Å²) in [6, 6.07) is 7.28. The summed E-state index contributed by atoms with van der Waals surface area (Å²) in [4.78, 5) is 23.7. The van der Waals surface area contributed by atoms with Crippen LogP contribution < -0.4 is 5.32 Å². The number of benzene rings is 1. The number of carbonyl (C=O) groups is 2. The Balaban J connectivity index is 1.71. The number of anilines is 1. The van der Waals surface area contributed by atoms with E-state index in [9.17, 15) is 9.59 Å². The van der Waals surface area contributed by atoms with Gasteiger partial charge in [-0.15, -0.1) is 5.10 Å². The molecule has 2 heterocycles. The molecule has 25 heavy (non-hydrogen) atoms. The minimum atomic E-state index is -1.25. The molecule has 3 rings (SSSR count). The van der Waals surface area contributed by atoms with Crippen molar-refractivity contribution in [1.82, 2.24) is 15.0 Å². The average Bonchev–Trinajstić information content (AvgIpc) is 3.02.